The number of allylic oxidation sites excluding steroid dienone is 2. The average molecular weight is 150 g/mol. The quantitative estimate of drug-likeness (QED) is 0.505. The second-order valence-electron chi connectivity index (χ2n) is 3.45. The van der Waals surface area contributed by atoms with Crippen LogP contribution in [-0.4, -0.2) is 10.3 Å². The molecule has 0 N–H and O–H groups in total. The van der Waals surface area contributed by atoms with Crippen molar-refractivity contribution in [2.24, 2.45) is 5.92 Å². The van der Waals surface area contributed by atoms with Gasteiger partial charge in [0, 0.05) is 25.5 Å². The third-order valence-electron chi connectivity index (χ3n) is 1.90. The highest BCUT2D eigenvalue weighted by Gasteiger charge is 2.12. The fourth-order valence-corrected chi connectivity index (χ4v) is 1.03. The van der Waals surface area contributed by atoms with E-state index in [1.54, 1.807) is 0 Å². The lowest BCUT2D eigenvalue weighted by molar-refractivity contribution is -0.375. The van der Waals surface area contributed by atoms with Crippen molar-refractivity contribution in [1.82, 2.24) is 0 Å². The zero-order valence-electron chi connectivity index (χ0n) is 7.76. The van der Waals surface area contributed by atoms with Crippen LogP contribution in [0.5, 0.6) is 0 Å². The topological polar surface area (TPSA) is 3.01 Å². The number of hydrogen-bond donors (Lipinski definition) is 0. The predicted octanol–water partition coefficient (Wildman–Crippen LogP) is 2.55. The molecule has 0 atom stereocenters. The minimum absolute atomic E-state index is 0.635. The largest absolute Gasteiger partial charge is 0.178 e. The van der Waals surface area contributed by atoms with E-state index in [1.165, 1.54) is 11.3 Å². The summed E-state index contributed by atoms with van der Waals surface area (Å²) in [6.45, 7) is 8.66. The summed E-state index contributed by atoms with van der Waals surface area (Å²) in [6.07, 6.45) is 6.49. The van der Waals surface area contributed by atoms with Gasteiger partial charge >= 0.3 is 0 Å². The normalized spacial score (nSPS) is 16.1. The van der Waals surface area contributed by atoms with Crippen LogP contribution in [0.1, 0.15) is 27.7 Å². The van der Waals surface area contributed by atoms with Crippen LogP contribution in [0, 0.1) is 5.92 Å². The van der Waals surface area contributed by atoms with Crippen LogP contribution in [0.15, 0.2) is 24.0 Å². The van der Waals surface area contributed by atoms with E-state index in [1.807, 2.05) is 0 Å². The zero-order chi connectivity index (χ0) is 8.43. The van der Waals surface area contributed by atoms with Crippen LogP contribution < -0.4 is 0 Å². The van der Waals surface area contributed by atoms with Gasteiger partial charge in [0.15, 0.2) is 18.1 Å². The Balaban J connectivity index is 2.88. The van der Waals surface area contributed by atoms with E-state index < -0.39 is 0 Å². The smallest absolute Gasteiger partial charge is 0.175 e. The van der Waals surface area contributed by atoms with Gasteiger partial charge in [-0.1, -0.05) is 13.8 Å². The first kappa shape index (κ1) is 8.25. The molecule has 0 saturated heterocycles. The van der Waals surface area contributed by atoms with Gasteiger partial charge in [-0.15, -0.1) is 0 Å². The summed E-state index contributed by atoms with van der Waals surface area (Å²) in [5.41, 5.74) is 2.73. The Morgan fingerprint density at radius 1 is 1.36 bits per heavy atom. The van der Waals surface area contributed by atoms with Crippen LogP contribution in [0.3, 0.4) is 0 Å². The van der Waals surface area contributed by atoms with E-state index in [2.05, 4.69) is 50.7 Å². The summed E-state index contributed by atoms with van der Waals surface area (Å²) in [5, 5.41) is 0. The van der Waals surface area contributed by atoms with Gasteiger partial charge in [0.1, 0.15) is 0 Å². The summed E-state index contributed by atoms with van der Waals surface area (Å²) >= 11 is 0. The lowest BCUT2D eigenvalue weighted by Gasteiger charge is -1.96. The Labute approximate surface area is 68.7 Å². The maximum atomic E-state index is 2.21. The predicted molar refractivity (Wildman–Crippen MR) is 48.7 cm³/mol. The van der Waals surface area contributed by atoms with Gasteiger partial charge in [0.25, 0.3) is 0 Å². The number of rotatable bonds is 1. The van der Waals surface area contributed by atoms with Crippen molar-refractivity contribution in [2.75, 3.05) is 0 Å². The molecule has 0 aliphatic carbocycles. The maximum absolute atomic E-state index is 2.21. The first-order chi connectivity index (χ1) is 5.11. The minimum Gasteiger partial charge on any atom is -0.175 e. The van der Waals surface area contributed by atoms with E-state index in [4.69, 9.17) is 0 Å². The summed E-state index contributed by atoms with van der Waals surface area (Å²) < 4.78 is 2.16. The molecular weight excluding hydrogens is 134 g/mol. The lowest BCUT2D eigenvalue weighted by atomic mass is 10.1. The second kappa shape index (κ2) is 3.04. The molecule has 1 aliphatic rings. The highest BCUT2D eigenvalue weighted by molar-refractivity contribution is 5.74. The zero-order valence-corrected chi connectivity index (χ0v) is 7.76. The Morgan fingerprint density at radius 2 is 2.00 bits per heavy atom. The molecule has 0 aromatic rings. The van der Waals surface area contributed by atoms with Crippen LogP contribution in [0.25, 0.3) is 0 Å². The molecule has 11 heavy (non-hydrogen) atoms. The fraction of sp³-hybridized carbons (Fsp3) is 0.500. The van der Waals surface area contributed by atoms with Crippen LogP contribution >= 0.6 is 0 Å². The third-order valence-corrected chi connectivity index (χ3v) is 1.90. The molecule has 60 valence electrons. The minimum atomic E-state index is 0.635. The van der Waals surface area contributed by atoms with Crippen molar-refractivity contribution in [1.29, 1.82) is 0 Å². The third kappa shape index (κ3) is 1.79. The average Bonchev–Trinajstić information content (AvgIpc) is 2.33. The SMILES string of the molecule is CC(C)=[N+]1C=CC(C(C)C)=C1. The van der Waals surface area contributed by atoms with Crippen LogP contribution in [-0.2, 0) is 0 Å². The molecule has 0 amide bonds. The molecule has 0 fully saturated rings. The molecule has 1 rings (SSSR count). The van der Waals surface area contributed by atoms with E-state index in [9.17, 15) is 0 Å². The van der Waals surface area contributed by atoms with Gasteiger partial charge < -0.3 is 0 Å². The van der Waals surface area contributed by atoms with Gasteiger partial charge in [0.05, 0.1) is 0 Å². The second-order valence-corrected chi connectivity index (χ2v) is 3.45. The molecule has 1 heteroatoms. The Bertz CT molecular complexity index is 238. The van der Waals surface area contributed by atoms with Crippen molar-refractivity contribution >= 4 is 5.71 Å². The highest BCUT2D eigenvalue weighted by atomic mass is 15.0. The first-order valence-corrected chi connectivity index (χ1v) is 4.09. The molecule has 1 nitrogen and oxygen atoms in total. The Morgan fingerprint density at radius 3 is 2.27 bits per heavy atom. The molecular formula is C10H16N+. The van der Waals surface area contributed by atoms with Gasteiger partial charge in [-0.25, -0.2) is 0 Å². The van der Waals surface area contributed by atoms with E-state index in [-0.39, 0.29) is 0 Å². The summed E-state index contributed by atoms with van der Waals surface area (Å²) in [7, 11) is 0. The van der Waals surface area contributed by atoms with E-state index in [0.29, 0.717) is 5.92 Å². The van der Waals surface area contributed by atoms with Gasteiger partial charge in [-0.05, 0) is 5.92 Å². The molecule has 0 aromatic carbocycles. The van der Waals surface area contributed by atoms with E-state index in [0.717, 1.165) is 0 Å². The molecule has 0 saturated carbocycles. The number of hydrogen-bond acceptors (Lipinski definition) is 0. The Kier molecular flexibility index (Phi) is 2.28. The molecule has 0 spiro atoms. The molecule has 0 radical (unpaired) electrons. The van der Waals surface area contributed by atoms with Crippen molar-refractivity contribution in [3.63, 3.8) is 0 Å². The van der Waals surface area contributed by atoms with Gasteiger partial charge in [-0.2, -0.15) is 4.58 Å². The van der Waals surface area contributed by atoms with Gasteiger partial charge in [-0.3, -0.25) is 0 Å². The van der Waals surface area contributed by atoms with E-state index >= 15 is 0 Å². The maximum Gasteiger partial charge on any atom is 0.178 e. The lowest BCUT2D eigenvalue weighted by Crippen LogP contribution is -2.00. The van der Waals surface area contributed by atoms with Crippen molar-refractivity contribution in [2.45, 2.75) is 27.7 Å². The summed E-state index contributed by atoms with van der Waals surface area (Å²) in [6, 6.07) is 0. The molecule has 0 bridgehead atoms. The summed E-state index contributed by atoms with van der Waals surface area (Å²) in [4.78, 5) is 0. The monoisotopic (exact) mass is 150 g/mol. The molecule has 1 heterocycles. The van der Waals surface area contributed by atoms with Crippen molar-refractivity contribution in [3.05, 3.63) is 24.0 Å². The van der Waals surface area contributed by atoms with Crippen molar-refractivity contribution in [3.8, 4) is 0 Å². The first-order valence-electron chi connectivity index (χ1n) is 4.09. The summed E-state index contributed by atoms with van der Waals surface area (Å²) in [5.74, 6) is 0.635. The Hall–Kier alpha value is -0.850. The van der Waals surface area contributed by atoms with Crippen LogP contribution in [0.4, 0.5) is 0 Å². The number of nitrogens with zero attached hydrogens (tertiary/aromatic N) is 1. The van der Waals surface area contributed by atoms with Gasteiger partial charge in [0.2, 0.25) is 0 Å². The molecule has 0 aromatic heterocycles. The fourth-order valence-electron chi connectivity index (χ4n) is 1.03. The van der Waals surface area contributed by atoms with Crippen molar-refractivity contribution < 1.29 is 4.58 Å². The standard InChI is InChI=1S/C10H16N/c1-8(2)10-5-6-11(7-10)9(3)4/h5-8H,1-4H3/q+1. The molecule has 1 aliphatic heterocycles. The van der Waals surface area contributed by atoms with Crippen LogP contribution in [0.2, 0.25) is 0 Å². The molecule has 0 unspecified atom stereocenters. The highest BCUT2D eigenvalue weighted by Crippen LogP contribution is 2.15.